The van der Waals surface area contributed by atoms with Gasteiger partial charge in [-0.25, -0.2) is 0 Å². The van der Waals surface area contributed by atoms with Crippen molar-refractivity contribution >= 4 is 5.91 Å². The Morgan fingerprint density at radius 3 is 2.60 bits per heavy atom. The van der Waals surface area contributed by atoms with Gasteiger partial charge in [-0.2, -0.15) is 0 Å². The molecule has 0 aromatic carbocycles. The quantitative estimate of drug-likeness (QED) is 0.676. The highest BCUT2D eigenvalue weighted by Crippen LogP contribution is 2.35. The molecule has 0 aromatic heterocycles. The molecule has 0 bridgehead atoms. The summed E-state index contributed by atoms with van der Waals surface area (Å²) in [6.07, 6.45) is 5.92. The first kappa shape index (κ1) is 9.60. The van der Waals surface area contributed by atoms with Gasteiger partial charge in [0.1, 0.15) is 5.54 Å². The van der Waals surface area contributed by atoms with Crippen molar-refractivity contribution in [1.29, 1.82) is 0 Å². The Morgan fingerprint density at radius 2 is 2.07 bits per heavy atom. The molecule has 2 saturated carbocycles. The van der Waals surface area contributed by atoms with Crippen molar-refractivity contribution in [2.24, 2.45) is 5.73 Å². The van der Waals surface area contributed by atoms with Crippen LogP contribution in [0.3, 0.4) is 0 Å². The first-order chi connectivity index (χ1) is 7.20. The van der Waals surface area contributed by atoms with E-state index in [9.17, 15) is 4.79 Å². The third-order valence-electron chi connectivity index (χ3n) is 3.89. The van der Waals surface area contributed by atoms with Crippen molar-refractivity contribution in [2.75, 3.05) is 13.1 Å². The molecule has 0 radical (unpaired) electrons. The second kappa shape index (κ2) is 3.19. The van der Waals surface area contributed by atoms with Gasteiger partial charge in [0.05, 0.1) is 0 Å². The van der Waals surface area contributed by atoms with Crippen LogP contribution in [0.1, 0.15) is 32.1 Å². The highest BCUT2D eigenvalue weighted by atomic mass is 16.1. The van der Waals surface area contributed by atoms with Gasteiger partial charge >= 0.3 is 0 Å². The number of carbonyl (C=O) groups excluding carboxylic acids is 1. The van der Waals surface area contributed by atoms with E-state index in [1.54, 1.807) is 0 Å². The first-order valence-electron chi connectivity index (χ1n) is 6.01. The summed E-state index contributed by atoms with van der Waals surface area (Å²) in [5.74, 6) is -0.155. The number of hydrogen-bond donors (Lipinski definition) is 2. The minimum atomic E-state index is -0.413. The molecule has 3 N–H and O–H groups in total. The maximum atomic E-state index is 11.6. The maximum Gasteiger partial charge on any atom is 0.239 e. The molecule has 0 aromatic rings. The van der Waals surface area contributed by atoms with E-state index in [-0.39, 0.29) is 5.91 Å². The predicted molar refractivity (Wildman–Crippen MR) is 57.3 cm³/mol. The summed E-state index contributed by atoms with van der Waals surface area (Å²) in [4.78, 5) is 14.0. The predicted octanol–water partition coefficient (Wildman–Crippen LogP) is -0.169. The second-order valence-corrected chi connectivity index (χ2v) is 5.32. The molecule has 1 unspecified atom stereocenters. The zero-order valence-electron chi connectivity index (χ0n) is 9.04. The monoisotopic (exact) mass is 209 g/mol. The molecule has 15 heavy (non-hydrogen) atoms. The molecular formula is C11H19N3O. The summed E-state index contributed by atoms with van der Waals surface area (Å²) < 4.78 is 0. The minimum absolute atomic E-state index is 0.155. The molecule has 1 amide bonds. The van der Waals surface area contributed by atoms with Crippen LogP contribution in [0, 0.1) is 0 Å². The number of rotatable bonds is 4. The Labute approximate surface area is 90.2 Å². The van der Waals surface area contributed by atoms with Crippen LogP contribution in [0.25, 0.3) is 0 Å². The summed E-state index contributed by atoms with van der Waals surface area (Å²) in [5.41, 5.74) is 5.15. The molecule has 3 aliphatic rings. The molecule has 2 aliphatic carbocycles. The van der Waals surface area contributed by atoms with Crippen LogP contribution in [0.15, 0.2) is 0 Å². The van der Waals surface area contributed by atoms with Crippen LogP contribution in [0.5, 0.6) is 0 Å². The van der Waals surface area contributed by atoms with Crippen molar-refractivity contribution in [3.63, 3.8) is 0 Å². The Kier molecular flexibility index (Phi) is 2.04. The summed E-state index contributed by atoms with van der Waals surface area (Å²) in [7, 11) is 0. The van der Waals surface area contributed by atoms with Crippen LogP contribution in [0.2, 0.25) is 0 Å². The van der Waals surface area contributed by atoms with E-state index in [2.05, 4.69) is 10.2 Å². The van der Waals surface area contributed by atoms with Gasteiger partial charge < -0.3 is 5.73 Å². The normalized spacial score (nSPS) is 37.1. The highest BCUT2D eigenvalue weighted by molar-refractivity contribution is 5.85. The molecule has 1 atom stereocenters. The Morgan fingerprint density at radius 1 is 1.33 bits per heavy atom. The van der Waals surface area contributed by atoms with Crippen LogP contribution >= 0.6 is 0 Å². The molecule has 84 valence electrons. The summed E-state index contributed by atoms with van der Waals surface area (Å²) in [6.45, 7) is 1.87. The number of likely N-dealkylation sites (tertiary alicyclic amines) is 1. The Hall–Kier alpha value is -0.610. The third kappa shape index (κ3) is 1.76. The van der Waals surface area contributed by atoms with Crippen molar-refractivity contribution in [1.82, 2.24) is 10.2 Å². The lowest BCUT2D eigenvalue weighted by Gasteiger charge is -2.27. The molecule has 1 heterocycles. The number of nitrogens with one attached hydrogen (secondary N) is 1. The van der Waals surface area contributed by atoms with E-state index >= 15 is 0 Å². The number of nitrogens with zero attached hydrogens (tertiary/aromatic N) is 1. The average molecular weight is 209 g/mol. The van der Waals surface area contributed by atoms with Crippen LogP contribution in [0.4, 0.5) is 0 Å². The molecular weight excluding hydrogens is 190 g/mol. The number of amides is 1. The minimum Gasteiger partial charge on any atom is -0.368 e. The third-order valence-corrected chi connectivity index (χ3v) is 3.89. The van der Waals surface area contributed by atoms with E-state index in [4.69, 9.17) is 5.73 Å². The second-order valence-electron chi connectivity index (χ2n) is 5.32. The highest BCUT2D eigenvalue weighted by Gasteiger charge is 2.48. The topological polar surface area (TPSA) is 58.4 Å². The van der Waals surface area contributed by atoms with Gasteiger partial charge in [0.25, 0.3) is 0 Å². The van der Waals surface area contributed by atoms with Gasteiger partial charge in [0, 0.05) is 25.2 Å². The van der Waals surface area contributed by atoms with Crippen molar-refractivity contribution in [3.8, 4) is 0 Å². The van der Waals surface area contributed by atoms with E-state index in [0.717, 1.165) is 25.6 Å². The summed E-state index contributed by atoms with van der Waals surface area (Å²) >= 11 is 0. The zero-order chi connectivity index (χ0) is 10.5. The van der Waals surface area contributed by atoms with Crippen LogP contribution in [-0.4, -0.2) is 41.5 Å². The van der Waals surface area contributed by atoms with Gasteiger partial charge in [-0.15, -0.1) is 0 Å². The van der Waals surface area contributed by atoms with E-state index in [0.29, 0.717) is 6.04 Å². The molecule has 4 nitrogen and oxygen atoms in total. The smallest absolute Gasteiger partial charge is 0.239 e. The number of nitrogens with two attached hydrogens (primary N) is 1. The van der Waals surface area contributed by atoms with Gasteiger partial charge in [-0.1, -0.05) is 0 Å². The average Bonchev–Trinajstić information content (AvgIpc) is 3.07. The number of primary amides is 1. The van der Waals surface area contributed by atoms with Crippen LogP contribution in [-0.2, 0) is 4.79 Å². The molecule has 1 saturated heterocycles. The molecule has 3 rings (SSSR count). The van der Waals surface area contributed by atoms with E-state index < -0.39 is 5.54 Å². The first-order valence-corrected chi connectivity index (χ1v) is 6.01. The fourth-order valence-electron chi connectivity index (χ4n) is 2.60. The van der Waals surface area contributed by atoms with Gasteiger partial charge in [-0.05, 0) is 32.1 Å². The molecule has 3 fully saturated rings. The van der Waals surface area contributed by atoms with Crippen molar-refractivity contribution in [2.45, 2.75) is 49.7 Å². The lowest BCUT2D eigenvalue weighted by atomic mass is 9.97. The lowest BCUT2D eigenvalue weighted by molar-refractivity contribution is -0.124. The Balaban J connectivity index is 1.70. The SMILES string of the molecule is NC(=O)C1(NC2CC2)CCN(C2CC2)C1. The molecule has 4 heteroatoms. The van der Waals surface area contributed by atoms with Gasteiger partial charge in [-0.3, -0.25) is 15.0 Å². The fourth-order valence-corrected chi connectivity index (χ4v) is 2.60. The maximum absolute atomic E-state index is 11.6. The van der Waals surface area contributed by atoms with Gasteiger partial charge in [0.2, 0.25) is 5.91 Å². The van der Waals surface area contributed by atoms with Crippen molar-refractivity contribution in [3.05, 3.63) is 0 Å². The Bertz CT molecular complexity index is 286. The fraction of sp³-hybridized carbons (Fsp3) is 0.909. The van der Waals surface area contributed by atoms with E-state index in [1.807, 2.05) is 0 Å². The molecule has 0 spiro atoms. The molecule has 1 aliphatic heterocycles. The largest absolute Gasteiger partial charge is 0.368 e. The number of hydrogen-bond acceptors (Lipinski definition) is 3. The van der Waals surface area contributed by atoms with Crippen molar-refractivity contribution < 1.29 is 4.79 Å². The summed E-state index contributed by atoms with van der Waals surface area (Å²) in [5, 5.41) is 3.46. The van der Waals surface area contributed by atoms with E-state index in [1.165, 1.54) is 25.7 Å². The van der Waals surface area contributed by atoms with Crippen LogP contribution < -0.4 is 11.1 Å². The zero-order valence-corrected chi connectivity index (χ0v) is 9.04. The van der Waals surface area contributed by atoms with Gasteiger partial charge in [0.15, 0.2) is 0 Å². The summed E-state index contributed by atoms with van der Waals surface area (Å²) in [6, 6.07) is 1.30. The standard InChI is InChI=1S/C11H19N3O/c12-10(15)11(13-8-1-2-8)5-6-14(7-11)9-3-4-9/h8-9,13H,1-7H2,(H2,12,15). The lowest BCUT2D eigenvalue weighted by Crippen LogP contribution is -2.58. The number of carbonyl (C=O) groups is 1.